The van der Waals surface area contributed by atoms with Crippen molar-refractivity contribution in [3.63, 3.8) is 0 Å². The number of benzene rings is 1. The standard InChI is InChI=1S/C14H16N2O3S2/c1-3-13(14-5-4-10-20-14)15-16-21(17,18)12-8-6-11(19-2)7-9-12/h4-10,16H,3H2,1-2H3/b15-13+. The van der Waals surface area contributed by atoms with Gasteiger partial charge in [0, 0.05) is 0 Å². The first-order chi connectivity index (χ1) is 10.1. The third-order valence-corrected chi connectivity index (χ3v) is 4.95. The average molecular weight is 324 g/mol. The van der Waals surface area contributed by atoms with Crippen molar-refractivity contribution >= 4 is 27.1 Å². The van der Waals surface area contributed by atoms with Crippen LogP contribution in [0.2, 0.25) is 0 Å². The average Bonchev–Trinajstić information content (AvgIpc) is 3.02. The summed E-state index contributed by atoms with van der Waals surface area (Å²) in [5.41, 5.74) is 0.710. The number of nitrogens with one attached hydrogen (secondary N) is 1. The maximum absolute atomic E-state index is 12.2. The molecule has 1 aromatic carbocycles. The highest BCUT2D eigenvalue weighted by Crippen LogP contribution is 2.16. The lowest BCUT2D eigenvalue weighted by atomic mass is 10.2. The van der Waals surface area contributed by atoms with Gasteiger partial charge in [-0.25, -0.2) is 0 Å². The quantitative estimate of drug-likeness (QED) is 0.656. The van der Waals surface area contributed by atoms with Crippen molar-refractivity contribution < 1.29 is 13.2 Å². The van der Waals surface area contributed by atoms with E-state index >= 15 is 0 Å². The van der Waals surface area contributed by atoms with Crippen molar-refractivity contribution in [2.75, 3.05) is 7.11 Å². The van der Waals surface area contributed by atoms with E-state index in [1.54, 1.807) is 12.1 Å². The first kappa shape index (κ1) is 15.5. The third kappa shape index (κ3) is 3.83. The van der Waals surface area contributed by atoms with Crippen LogP contribution >= 0.6 is 11.3 Å². The lowest BCUT2D eigenvalue weighted by molar-refractivity contribution is 0.414. The zero-order chi connectivity index (χ0) is 15.3. The largest absolute Gasteiger partial charge is 0.497 e. The number of sulfonamides is 1. The van der Waals surface area contributed by atoms with Gasteiger partial charge in [0.05, 0.1) is 22.6 Å². The van der Waals surface area contributed by atoms with Crippen LogP contribution in [0.1, 0.15) is 18.2 Å². The molecule has 1 N–H and O–H groups in total. The van der Waals surface area contributed by atoms with Crippen LogP contribution in [0, 0.1) is 0 Å². The van der Waals surface area contributed by atoms with Crippen molar-refractivity contribution in [1.82, 2.24) is 4.83 Å². The molecule has 0 aliphatic heterocycles. The van der Waals surface area contributed by atoms with E-state index in [1.807, 2.05) is 24.4 Å². The predicted molar refractivity (Wildman–Crippen MR) is 84.5 cm³/mol. The van der Waals surface area contributed by atoms with Gasteiger partial charge in [0.2, 0.25) is 0 Å². The van der Waals surface area contributed by atoms with Gasteiger partial charge in [0.15, 0.2) is 0 Å². The molecule has 0 spiro atoms. The Kier molecular flexibility index (Phi) is 4.98. The Bertz CT molecular complexity index is 705. The molecule has 2 rings (SSSR count). The van der Waals surface area contributed by atoms with Crippen LogP contribution in [-0.4, -0.2) is 21.2 Å². The highest BCUT2D eigenvalue weighted by molar-refractivity contribution is 7.89. The summed E-state index contributed by atoms with van der Waals surface area (Å²) >= 11 is 1.52. The van der Waals surface area contributed by atoms with E-state index in [4.69, 9.17) is 4.74 Å². The van der Waals surface area contributed by atoms with Gasteiger partial charge in [0.25, 0.3) is 10.0 Å². The van der Waals surface area contributed by atoms with Gasteiger partial charge < -0.3 is 4.74 Å². The molecule has 0 unspecified atom stereocenters. The van der Waals surface area contributed by atoms with E-state index in [-0.39, 0.29) is 4.90 Å². The second-order valence-electron chi connectivity index (χ2n) is 4.16. The van der Waals surface area contributed by atoms with Crippen LogP contribution in [0.3, 0.4) is 0 Å². The molecule has 0 fully saturated rings. The van der Waals surface area contributed by atoms with Crippen LogP contribution in [-0.2, 0) is 10.0 Å². The van der Waals surface area contributed by atoms with Gasteiger partial charge in [0.1, 0.15) is 5.75 Å². The lowest BCUT2D eigenvalue weighted by Crippen LogP contribution is -2.20. The maximum Gasteiger partial charge on any atom is 0.276 e. The van der Waals surface area contributed by atoms with Crippen molar-refractivity contribution in [3.8, 4) is 5.75 Å². The number of hydrazone groups is 1. The molecule has 112 valence electrons. The highest BCUT2D eigenvalue weighted by Gasteiger charge is 2.13. The molecule has 0 atom stereocenters. The van der Waals surface area contributed by atoms with E-state index < -0.39 is 10.0 Å². The van der Waals surface area contributed by atoms with E-state index in [0.29, 0.717) is 17.9 Å². The summed E-state index contributed by atoms with van der Waals surface area (Å²) < 4.78 is 29.3. The van der Waals surface area contributed by atoms with Crippen LogP contribution in [0.15, 0.2) is 51.8 Å². The highest BCUT2D eigenvalue weighted by atomic mass is 32.2. The molecule has 5 nitrogen and oxygen atoms in total. The van der Waals surface area contributed by atoms with Crippen molar-refractivity contribution in [2.45, 2.75) is 18.2 Å². The maximum atomic E-state index is 12.2. The van der Waals surface area contributed by atoms with Gasteiger partial charge in [-0.15, -0.1) is 11.3 Å². The molecule has 0 bridgehead atoms. The number of methoxy groups -OCH3 is 1. The minimum absolute atomic E-state index is 0.147. The topological polar surface area (TPSA) is 67.8 Å². The summed E-state index contributed by atoms with van der Waals surface area (Å²) in [4.78, 5) is 3.38. The molecule has 1 heterocycles. The van der Waals surface area contributed by atoms with Gasteiger partial charge >= 0.3 is 0 Å². The third-order valence-electron chi connectivity index (χ3n) is 2.81. The Morgan fingerprint density at radius 2 is 2.00 bits per heavy atom. The first-order valence-electron chi connectivity index (χ1n) is 6.33. The van der Waals surface area contributed by atoms with Gasteiger partial charge in [-0.1, -0.05) is 13.0 Å². The number of hydrogen-bond acceptors (Lipinski definition) is 5. The number of thiophene rings is 1. The van der Waals surface area contributed by atoms with Crippen LogP contribution in [0.4, 0.5) is 0 Å². The van der Waals surface area contributed by atoms with Crippen molar-refractivity contribution in [2.24, 2.45) is 5.10 Å². The lowest BCUT2D eigenvalue weighted by Gasteiger charge is -2.06. The van der Waals surface area contributed by atoms with E-state index in [2.05, 4.69) is 9.93 Å². The normalized spacial score (nSPS) is 12.2. The molecule has 7 heteroatoms. The van der Waals surface area contributed by atoms with Crippen LogP contribution < -0.4 is 9.57 Å². The minimum atomic E-state index is -3.67. The Morgan fingerprint density at radius 3 is 2.52 bits per heavy atom. The monoisotopic (exact) mass is 324 g/mol. The van der Waals surface area contributed by atoms with Gasteiger partial charge in [-0.2, -0.15) is 18.4 Å². The molecular weight excluding hydrogens is 308 g/mol. The zero-order valence-corrected chi connectivity index (χ0v) is 13.4. The van der Waals surface area contributed by atoms with Crippen molar-refractivity contribution in [3.05, 3.63) is 46.7 Å². The molecule has 2 aromatic rings. The molecule has 1 aromatic heterocycles. The Morgan fingerprint density at radius 1 is 1.29 bits per heavy atom. The summed E-state index contributed by atoms with van der Waals surface area (Å²) in [7, 11) is -2.14. The molecule has 0 aliphatic rings. The van der Waals surface area contributed by atoms with Crippen LogP contribution in [0.5, 0.6) is 5.75 Å². The number of hydrogen-bond donors (Lipinski definition) is 1. The Labute approximate surface area is 128 Å². The minimum Gasteiger partial charge on any atom is -0.497 e. The molecule has 21 heavy (non-hydrogen) atoms. The van der Waals surface area contributed by atoms with Gasteiger partial charge in [-0.05, 0) is 42.1 Å². The van der Waals surface area contributed by atoms with E-state index in [0.717, 1.165) is 4.88 Å². The zero-order valence-electron chi connectivity index (χ0n) is 11.7. The Hall–Kier alpha value is -1.86. The van der Waals surface area contributed by atoms with Crippen LogP contribution in [0.25, 0.3) is 0 Å². The molecule has 0 aliphatic carbocycles. The Balaban J connectivity index is 2.20. The van der Waals surface area contributed by atoms with E-state index in [1.165, 1.54) is 30.6 Å². The van der Waals surface area contributed by atoms with E-state index in [9.17, 15) is 8.42 Å². The smallest absolute Gasteiger partial charge is 0.276 e. The molecule has 0 saturated carbocycles. The first-order valence-corrected chi connectivity index (χ1v) is 8.69. The summed E-state index contributed by atoms with van der Waals surface area (Å²) in [5.74, 6) is 0.602. The summed E-state index contributed by atoms with van der Waals surface area (Å²) in [6.07, 6.45) is 0.644. The fraction of sp³-hybridized carbons (Fsp3) is 0.214. The number of rotatable bonds is 6. The molecular formula is C14H16N2O3S2. The molecule has 0 amide bonds. The fourth-order valence-corrected chi connectivity index (χ4v) is 3.29. The number of nitrogens with zero attached hydrogens (tertiary/aromatic N) is 1. The molecule has 0 radical (unpaired) electrons. The second kappa shape index (κ2) is 6.73. The predicted octanol–water partition coefficient (Wildman–Crippen LogP) is 2.85. The summed E-state index contributed by atoms with van der Waals surface area (Å²) in [6.45, 7) is 1.93. The SMILES string of the molecule is CC/C(=N\NS(=O)(=O)c1ccc(OC)cc1)c1cccs1. The molecule has 0 saturated heterocycles. The van der Waals surface area contributed by atoms with Crippen molar-refractivity contribution in [1.29, 1.82) is 0 Å². The summed E-state index contributed by atoms with van der Waals surface area (Å²) in [5, 5.41) is 5.96. The summed E-state index contributed by atoms with van der Waals surface area (Å²) in [6, 6.07) is 9.97. The number of ether oxygens (including phenoxy) is 1. The van der Waals surface area contributed by atoms with Gasteiger partial charge in [-0.3, -0.25) is 0 Å². The fourth-order valence-electron chi connectivity index (χ4n) is 1.67. The second-order valence-corrected chi connectivity index (χ2v) is 6.77.